The van der Waals surface area contributed by atoms with Crippen LogP contribution in [0, 0.1) is 0 Å². The molecule has 132 valence electrons. The van der Waals surface area contributed by atoms with E-state index in [0.717, 1.165) is 24.8 Å². The van der Waals surface area contributed by atoms with Crippen molar-refractivity contribution in [2.45, 2.75) is 43.5 Å². The van der Waals surface area contributed by atoms with Crippen LogP contribution in [0.25, 0.3) is 0 Å². The third-order valence-electron chi connectivity index (χ3n) is 3.83. The number of amides is 1. The SMILES string of the molecule is CCOC(=O)c1c(NC(=O)[C@H](C)Sc2ncccn2)sc2c1CCC2. The van der Waals surface area contributed by atoms with Gasteiger partial charge in [-0.15, -0.1) is 11.3 Å². The molecule has 0 aliphatic heterocycles. The number of rotatable bonds is 6. The van der Waals surface area contributed by atoms with Crippen LogP contribution in [0.2, 0.25) is 0 Å². The lowest BCUT2D eigenvalue weighted by molar-refractivity contribution is -0.115. The van der Waals surface area contributed by atoms with Gasteiger partial charge in [-0.2, -0.15) is 0 Å². The van der Waals surface area contributed by atoms with E-state index in [1.54, 1.807) is 32.3 Å². The number of nitrogens with one attached hydrogen (secondary N) is 1. The average Bonchev–Trinajstić information content (AvgIpc) is 3.16. The first-order chi connectivity index (χ1) is 12.1. The predicted molar refractivity (Wildman–Crippen MR) is 98.3 cm³/mol. The van der Waals surface area contributed by atoms with Gasteiger partial charge in [0.25, 0.3) is 0 Å². The molecule has 1 N–H and O–H groups in total. The first kappa shape index (κ1) is 17.9. The van der Waals surface area contributed by atoms with E-state index in [-0.39, 0.29) is 17.1 Å². The van der Waals surface area contributed by atoms with Gasteiger partial charge >= 0.3 is 5.97 Å². The molecule has 0 fully saturated rings. The fourth-order valence-corrected chi connectivity index (χ4v) is 4.69. The van der Waals surface area contributed by atoms with Crippen molar-refractivity contribution in [1.82, 2.24) is 9.97 Å². The molecule has 3 rings (SSSR count). The highest BCUT2D eigenvalue weighted by Crippen LogP contribution is 2.39. The summed E-state index contributed by atoms with van der Waals surface area (Å²) in [6, 6.07) is 1.73. The third kappa shape index (κ3) is 4.01. The Kier molecular flexibility index (Phi) is 5.70. The van der Waals surface area contributed by atoms with E-state index >= 15 is 0 Å². The van der Waals surface area contributed by atoms with Gasteiger partial charge in [-0.1, -0.05) is 11.8 Å². The zero-order valence-electron chi connectivity index (χ0n) is 14.1. The second kappa shape index (κ2) is 7.97. The minimum absolute atomic E-state index is 0.178. The van der Waals surface area contributed by atoms with E-state index in [2.05, 4.69) is 15.3 Å². The van der Waals surface area contributed by atoms with Gasteiger partial charge in [-0.05, 0) is 44.7 Å². The molecule has 8 heteroatoms. The number of anilines is 1. The second-order valence-electron chi connectivity index (χ2n) is 5.56. The fourth-order valence-electron chi connectivity index (χ4n) is 2.68. The van der Waals surface area contributed by atoms with E-state index in [9.17, 15) is 9.59 Å². The largest absolute Gasteiger partial charge is 0.462 e. The summed E-state index contributed by atoms with van der Waals surface area (Å²) >= 11 is 2.76. The molecule has 2 aromatic rings. The smallest absolute Gasteiger partial charge is 0.341 e. The Morgan fingerprint density at radius 2 is 2.12 bits per heavy atom. The van der Waals surface area contributed by atoms with Crippen molar-refractivity contribution in [1.29, 1.82) is 0 Å². The zero-order valence-corrected chi connectivity index (χ0v) is 15.7. The average molecular weight is 377 g/mol. The van der Waals surface area contributed by atoms with Gasteiger partial charge in [-0.25, -0.2) is 14.8 Å². The number of nitrogens with zero attached hydrogens (tertiary/aromatic N) is 2. The number of esters is 1. The van der Waals surface area contributed by atoms with Crippen LogP contribution in [-0.4, -0.2) is 33.7 Å². The van der Waals surface area contributed by atoms with E-state index in [4.69, 9.17) is 4.74 Å². The van der Waals surface area contributed by atoms with E-state index < -0.39 is 0 Å². The third-order valence-corrected chi connectivity index (χ3v) is 6.03. The fraction of sp³-hybridized carbons (Fsp3) is 0.412. The van der Waals surface area contributed by atoms with Crippen LogP contribution < -0.4 is 5.32 Å². The molecular formula is C17H19N3O3S2. The molecule has 1 amide bonds. The Labute approximate surface area is 154 Å². The number of carbonyl (C=O) groups is 2. The Hall–Kier alpha value is -1.93. The van der Waals surface area contributed by atoms with Crippen LogP contribution in [-0.2, 0) is 22.4 Å². The summed E-state index contributed by atoms with van der Waals surface area (Å²) in [4.78, 5) is 34.3. The molecular weight excluding hydrogens is 358 g/mol. The molecule has 25 heavy (non-hydrogen) atoms. The van der Waals surface area contributed by atoms with Crippen LogP contribution >= 0.6 is 23.1 Å². The number of aryl methyl sites for hydroxylation is 1. The number of thiophene rings is 1. The first-order valence-corrected chi connectivity index (χ1v) is 9.86. The van der Waals surface area contributed by atoms with Crippen molar-refractivity contribution < 1.29 is 14.3 Å². The number of carbonyl (C=O) groups excluding carboxylic acids is 2. The zero-order chi connectivity index (χ0) is 17.8. The molecule has 0 saturated heterocycles. The highest BCUT2D eigenvalue weighted by atomic mass is 32.2. The van der Waals surface area contributed by atoms with Gasteiger partial charge in [0, 0.05) is 17.3 Å². The molecule has 2 aromatic heterocycles. The van der Waals surface area contributed by atoms with Crippen LogP contribution in [0.15, 0.2) is 23.6 Å². The highest BCUT2D eigenvalue weighted by molar-refractivity contribution is 8.00. The maximum Gasteiger partial charge on any atom is 0.341 e. The monoisotopic (exact) mass is 377 g/mol. The van der Waals surface area contributed by atoms with Gasteiger partial charge in [0.1, 0.15) is 5.00 Å². The van der Waals surface area contributed by atoms with Crippen molar-refractivity contribution in [3.63, 3.8) is 0 Å². The second-order valence-corrected chi connectivity index (χ2v) is 7.98. The summed E-state index contributed by atoms with van der Waals surface area (Å²) < 4.78 is 5.18. The predicted octanol–water partition coefficient (Wildman–Crippen LogP) is 3.32. The number of thioether (sulfide) groups is 1. The van der Waals surface area contributed by atoms with Gasteiger partial charge in [0.2, 0.25) is 5.91 Å². The maximum atomic E-state index is 12.5. The number of hydrogen-bond acceptors (Lipinski definition) is 7. The van der Waals surface area contributed by atoms with E-state index in [1.165, 1.54) is 28.0 Å². The number of hydrogen-bond donors (Lipinski definition) is 1. The van der Waals surface area contributed by atoms with Crippen molar-refractivity contribution in [3.8, 4) is 0 Å². The number of ether oxygens (including phenoxy) is 1. The Morgan fingerprint density at radius 3 is 2.84 bits per heavy atom. The van der Waals surface area contributed by atoms with Gasteiger partial charge in [0.15, 0.2) is 5.16 Å². The Morgan fingerprint density at radius 1 is 1.36 bits per heavy atom. The number of aromatic nitrogens is 2. The normalized spacial score (nSPS) is 14.0. The van der Waals surface area contributed by atoms with Crippen molar-refractivity contribution in [3.05, 3.63) is 34.5 Å². The van der Waals surface area contributed by atoms with Crippen molar-refractivity contribution >= 4 is 40.0 Å². The molecule has 0 radical (unpaired) electrons. The van der Waals surface area contributed by atoms with Crippen LogP contribution in [0.1, 0.15) is 41.1 Å². The van der Waals surface area contributed by atoms with Gasteiger partial charge < -0.3 is 10.1 Å². The van der Waals surface area contributed by atoms with Crippen LogP contribution in [0.5, 0.6) is 0 Å². The molecule has 0 aromatic carbocycles. The molecule has 6 nitrogen and oxygen atoms in total. The summed E-state index contributed by atoms with van der Waals surface area (Å²) in [6.07, 6.45) is 6.13. The molecule has 1 aliphatic carbocycles. The van der Waals surface area contributed by atoms with Crippen LogP contribution in [0.4, 0.5) is 5.00 Å². The molecule has 0 bridgehead atoms. The van der Waals surface area contributed by atoms with Gasteiger partial charge in [0.05, 0.1) is 17.4 Å². The summed E-state index contributed by atoms with van der Waals surface area (Å²) in [7, 11) is 0. The minimum atomic E-state index is -0.380. The summed E-state index contributed by atoms with van der Waals surface area (Å²) in [5.41, 5.74) is 1.56. The number of fused-ring (bicyclic) bond motifs is 1. The van der Waals surface area contributed by atoms with E-state index in [1.807, 2.05) is 0 Å². The van der Waals surface area contributed by atoms with E-state index in [0.29, 0.717) is 22.3 Å². The van der Waals surface area contributed by atoms with Crippen molar-refractivity contribution in [2.24, 2.45) is 0 Å². The molecule has 1 aliphatic rings. The minimum Gasteiger partial charge on any atom is -0.462 e. The standard InChI is InChI=1S/C17H19N3O3S2/c1-3-23-16(22)13-11-6-4-7-12(11)25-15(13)20-14(21)10(2)24-17-18-8-5-9-19-17/h5,8-10H,3-4,6-7H2,1-2H3,(H,20,21)/t10-/m0/s1. The lowest BCUT2D eigenvalue weighted by Crippen LogP contribution is -2.23. The first-order valence-electron chi connectivity index (χ1n) is 8.16. The van der Waals surface area contributed by atoms with Crippen molar-refractivity contribution in [2.75, 3.05) is 11.9 Å². The summed E-state index contributed by atoms with van der Waals surface area (Å²) in [6.45, 7) is 3.89. The van der Waals surface area contributed by atoms with Gasteiger partial charge in [-0.3, -0.25) is 4.79 Å². The Bertz CT molecular complexity index is 777. The molecule has 0 saturated carbocycles. The molecule has 2 heterocycles. The molecule has 1 atom stereocenters. The summed E-state index contributed by atoms with van der Waals surface area (Å²) in [5, 5.41) is 3.66. The summed E-state index contributed by atoms with van der Waals surface area (Å²) in [5.74, 6) is -0.535. The lowest BCUT2D eigenvalue weighted by atomic mass is 10.1. The highest BCUT2D eigenvalue weighted by Gasteiger charge is 2.29. The Balaban J connectivity index is 1.76. The molecule has 0 spiro atoms. The van der Waals surface area contributed by atoms with Crippen LogP contribution in [0.3, 0.4) is 0 Å². The topological polar surface area (TPSA) is 81.2 Å². The molecule has 0 unspecified atom stereocenters. The lowest BCUT2D eigenvalue weighted by Gasteiger charge is -2.11. The maximum absolute atomic E-state index is 12.5. The quantitative estimate of drug-likeness (QED) is 0.472.